The van der Waals surface area contributed by atoms with Crippen LogP contribution in [0.15, 0.2) is 0 Å². The van der Waals surface area contributed by atoms with E-state index < -0.39 is 30.9 Å². The Balaban J connectivity index is 4.39. The first-order chi connectivity index (χ1) is 5.56. The van der Waals surface area contributed by atoms with E-state index in [2.05, 4.69) is 0 Å². The lowest BCUT2D eigenvalue weighted by molar-refractivity contribution is -0.213. The molecule has 0 heterocycles. The van der Waals surface area contributed by atoms with Crippen molar-refractivity contribution in [3.8, 4) is 0 Å². The quantitative estimate of drug-likeness (QED) is 0.628. The highest BCUT2D eigenvalue weighted by molar-refractivity contribution is 4.78. The molecule has 0 nitrogen and oxygen atoms in total. The van der Waals surface area contributed by atoms with E-state index in [0.717, 1.165) is 0 Å². The summed E-state index contributed by atoms with van der Waals surface area (Å²) < 4.78 is 82.4. The highest BCUT2D eigenvalue weighted by Gasteiger charge is 2.50. The Labute approximate surface area is 69.7 Å². The molecule has 0 radical (unpaired) electrons. The standard InChI is InChI=1S/C6H7F7/c1-3(4(7)8)5(9,10)2-6(11,12)13/h3-4H,2H2,1H3. The van der Waals surface area contributed by atoms with E-state index in [0.29, 0.717) is 6.92 Å². The van der Waals surface area contributed by atoms with Crippen molar-refractivity contribution in [1.82, 2.24) is 0 Å². The van der Waals surface area contributed by atoms with E-state index in [9.17, 15) is 30.7 Å². The van der Waals surface area contributed by atoms with Gasteiger partial charge in [-0.25, -0.2) is 17.6 Å². The zero-order valence-electron chi connectivity index (χ0n) is 6.51. The lowest BCUT2D eigenvalue weighted by Gasteiger charge is -2.23. The molecule has 0 aliphatic carbocycles. The summed E-state index contributed by atoms with van der Waals surface area (Å²) in [6, 6.07) is 0. The monoisotopic (exact) mass is 212 g/mol. The van der Waals surface area contributed by atoms with E-state index in [4.69, 9.17) is 0 Å². The van der Waals surface area contributed by atoms with Gasteiger partial charge < -0.3 is 0 Å². The Morgan fingerprint density at radius 3 is 1.62 bits per heavy atom. The molecule has 0 aromatic heterocycles. The lowest BCUT2D eigenvalue weighted by Crippen LogP contribution is -2.36. The summed E-state index contributed by atoms with van der Waals surface area (Å²) in [6.07, 6.45) is -11.1. The van der Waals surface area contributed by atoms with Crippen molar-refractivity contribution in [2.45, 2.75) is 31.9 Å². The zero-order valence-corrected chi connectivity index (χ0v) is 6.51. The van der Waals surface area contributed by atoms with Crippen LogP contribution in [0.3, 0.4) is 0 Å². The fourth-order valence-corrected chi connectivity index (χ4v) is 0.613. The van der Waals surface area contributed by atoms with Crippen LogP contribution in [0.5, 0.6) is 0 Å². The SMILES string of the molecule is CC(C(F)F)C(F)(F)CC(F)(F)F. The Morgan fingerprint density at radius 1 is 1.00 bits per heavy atom. The second kappa shape index (κ2) is 3.71. The van der Waals surface area contributed by atoms with Crippen LogP contribution in [0, 0.1) is 5.92 Å². The van der Waals surface area contributed by atoms with Crippen LogP contribution in [-0.2, 0) is 0 Å². The first-order valence-corrected chi connectivity index (χ1v) is 3.29. The molecule has 0 saturated heterocycles. The van der Waals surface area contributed by atoms with Crippen molar-refractivity contribution >= 4 is 0 Å². The van der Waals surface area contributed by atoms with E-state index in [1.54, 1.807) is 0 Å². The molecule has 7 heteroatoms. The smallest absolute Gasteiger partial charge is 0.210 e. The molecule has 0 amide bonds. The van der Waals surface area contributed by atoms with Crippen LogP contribution in [-0.4, -0.2) is 18.5 Å². The Bertz CT molecular complexity index is 159. The number of halogens is 7. The van der Waals surface area contributed by atoms with Gasteiger partial charge in [-0.2, -0.15) is 13.2 Å². The lowest BCUT2D eigenvalue weighted by atomic mass is 10.0. The van der Waals surface area contributed by atoms with Gasteiger partial charge in [-0.1, -0.05) is 6.92 Å². The molecule has 1 unspecified atom stereocenters. The van der Waals surface area contributed by atoms with Gasteiger partial charge in [0.25, 0.3) is 5.92 Å². The van der Waals surface area contributed by atoms with Crippen molar-refractivity contribution in [3.05, 3.63) is 0 Å². The van der Waals surface area contributed by atoms with Gasteiger partial charge in [-0.3, -0.25) is 0 Å². The molecule has 0 aromatic rings. The molecule has 0 aromatic carbocycles. The van der Waals surface area contributed by atoms with E-state index in [1.807, 2.05) is 0 Å². The van der Waals surface area contributed by atoms with Crippen LogP contribution in [0.2, 0.25) is 0 Å². The predicted molar refractivity (Wildman–Crippen MR) is 30.8 cm³/mol. The Hall–Kier alpha value is -0.490. The minimum Gasteiger partial charge on any atom is -0.210 e. The number of hydrogen-bond acceptors (Lipinski definition) is 0. The average molecular weight is 212 g/mol. The molecule has 0 aliphatic rings. The van der Waals surface area contributed by atoms with E-state index in [-0.39, 0.29) is 0 Å². The number of rotatable bonds is 3. The molecule has 0 saturated carbocycles. The van der Waals surface area contributed by atoms with Gasteiger partial charge in [0.1, 0.15) is 6.42 Å². The second-order valence-electron chi connectivity index (χ2n) is 2.68. The van der Waals surface area contributed by atoms with Gasteiger partial charge >= 0.3 is 6.18 Å². The third kappa shape index (κ3) is 4.33. The molecule has 80 valence electrons. The fraction of sp³-hybridized carbons (Fsp3) is 1.00. The van der Waals surface area contributed by atoms with Crippen molar-refractivity contribution in [1.29, 1.82) is 0 Å². The van der Waals surface area contributed by atoms with Crippen LogP contribution in [0.4, 0.5) is 30.7 Å². The first-order valence-electron chi connectivity index (χ1n) is 3.29. The molecule has 13 heavy (non-hydrogen) atoms. The number of alkyl halides is 7. The first kappa shape index (κ1) is 12.5. The zero-order chi connectivity index (χ0) is 10.9. The van der Waals surface area contributed by atoms with Gasteiger partial charge in [0.05, 0.1) is 5.92 Å². The topological polar surface area (TPSA) is 0 Å². The average Bonchev–Trinajstić information content (AvgIpc) is 1.80. The number of hydrogen-bond donors (Lipinski definition) is 0. The molecular weight excluding hydrogens is 205 g/mol. The van der Waals surface area contributed by atoms with Crippen molar-refractivity contribution in [2.24, 2.45) is 5.92 Å². The maximum atomic E-state index is 12.4. The maximum Gasteiger partial charge on any atom is 0.394 e. The fourth-order valence-electron chi connectivity index (χ4n) is 0.613. The molecule has 1 atom stereocenters. The second-order valence-corrected chi connectivity index (χ2v) is 2.68. The van der Waals surface area contributed by atoms with E-state index >= 15 is 0 Å². The van der Waals surface area contributed by atoms with Gasteiger partial charge in [-0.05, 0) is 0 Å². The molecular formula is C6H7F7. The Morgan fingerprint density at radius 2 is 1.38 bits per heavy atom. The van der Waals surface area contributed by atoms with Gasteiger partial charge in [-0.15, -0.1) is 0 Å². The summed E-state index contributed by atoms with van der Waals surface area (Å²) >= 11 is 0. The van der Waals surface area contributed by atoms with E-state index in [1.165, 1.54) is 0 Å². The van der Waals surface area contributed by atoms with Gasteiger partial charge in [0, 0.05) is 0 Å². The maximum absolute atomic E-state index is 12.4. The minimum absolute atomic E-state index is 0.385. The summed E-state index contributed by atoms with van der Waals surface area (Å²) in [5.74, 6) is -7.00. The molecule has 0 spiro atoms. The molecule has 0 aliphatic heterocycles. The highest BCUT2D eigenvalue weighted by atomic mass is 19.4. The third-order valence-corrected chi connectivity index (χ3v) is 1.48. The van der Waals surface area contributed by atoms with Crippen LogP contribution in [0.25, 0.3) is 0 Å². The summed E-state index contributed by atoms with van der Waals surface area (Å²) in [5.41, 5.74) is 0. The van der Waals surface area contributed by atoms with Crippen molar-refractivity contribution < 1.29 is 30.7 Å². The normalized spacial score (nSPS) is 16.4. The minimum atomic E-state index is -5.13. The van der Waals surface area contributed by atoms with Crippen LogP contribution in [0.1, 0.15) is 13.3 Å². The Kier molecular flexibility index (Phi) is 3.57. The van der Waals surface area contributed by atoms with Crippen LogP contribution >= 0.6 is 0 Å². The largest absolute Gasteiger partial charge is 0.394 e. The van der Waals surface area contributed by atoms with Crippen LogP contribution < -0.4 is 0 Å². The predicted octanol–water partition coefficient (Wildman–Crippen LogP) is 3.48. The van der Waals surface area contributed by atoms with Gasteiger partial charge in [0.15, 0.2) is 0 Å². The van der Waals surface area contributed by atoms with Crippen molar-refractivity contribution in [2.75, 3.05) is 0 Å². The third-order valence-electron chi connectivity index (χ3n) is 1.48. The summed E-state index contributed by atoms with van der Waals surface area (Å²) in [7, 11) is 0. The van der Waals surface area contributed by atoms with Crippen molar-refractivity contribution in [3.63, 3.8) is 0 Å². The summed E-state index contributed by atoms with van der Waals surface area (Å²) in [6.45, 7) is 0.385. The molecule has 0 fully saturated rings. The summed E-state index contributed by atoms with van der Waals surface area (Å²) in [4.78, 5) is 0. The van der Waals surface area contributed by atoms with Gasteiger partial charge in [0.2, 0.25) is 6.43 Å². The highest BCUT2D eigenvalue weighted by Crippen LogP contribution is 2.38. The molecule has 0 N–H and O–H groups in total. The molecule has 0 rings (SSSR count). The summed E-state index contributed by atoms with van der Waals surface area (Å²) in [5, 5.41) is 0. The molecule has 0 bridgehead atoms.